The summed E-state index contributed by atoms with van der Waals surface area (Å²) in [5, 5.41) is 0. The molecule has 0 unspecified atom stereocenters. The van der Waals surface area contributed by atoms with Crippen molar-refractivity contribution in [3.8, 4) is 0 Å². The van der Waals surface area contributed by atoms with E-state index in [1.807, 2.05) is 170 Å². The molecule has 4 aliphatic rings. The Balaban J connectivity index is 0.000000138. The molecule has 0 amide bonds. The van der Waals surface area contributed by atoms with Crippen LogP contribution in [0, 0.1) is 46.5 Å². The average molecular weight is 1620 g/mol. The zero-order chi connectivity index (χ0) is 83.0. The van der Waals surface area contributed by atoms with Crippen LogP contribution in [0.25, 0.3) is 24.3 Å². The van der Waals surface area contributed by atoms with Gasteiger partial charge in [0, 0.05) is 131 Å². The van der Waals surface area contributed by atoms with Gasteiger partial charge in [-0.15, -0.1) is 0 Å². The van der Waals surface area contributed by atoms with Gasteiger partial charge in [0.2, 0.25) is 0 Å². The molecule has 12 aromatic rings. The maximum atomic E-state index is 13.5. The highest BCUT2D eigenvalue weighted by Gasteiger charge is 2.31. The predicted molar refractivity (Wildman–Crippen MR) is 473 cm³/mol. The quantitative estimate of drug-likeness (QED) is 0.0552. The highest BCUT2D eigenvalue weighted by Crippen LogP contribution is 2.35. The molecule has 16 rings (SSSR count). The fourth-order valence-electron chi connectivity index (χ4n) is 16.0. The van der Waals surface area contributed by atoms with E-state index in [1.54, 1.807) is 0 Å². The Labute approximate surface area is 702 Å². The van der Waals surface area contributed by atoms with Crippen molar-refractivity contribution in [3.63, 3.8) is 0 Å². The summed E-state index contributed by atoms with van der Waals surface area (Å²) < 4.78 is 108. The van der Waals surface area contributed by atoms with Gasteiger partial charge in [-0.2, -0.15) is 0 Å². The molecule has 0 N–H and O–H groups in total. The number of halogens is 8. The van der Waals surface area contributed by atoms with Gasteiger partial charge in [-0.3, -0.25) is 39.2 Å². The Kier molecular flexibility index (Phi) is 32.6. The molecule has 4 heterocycles. The van der Waals surface area contributed by atoms with Crippen molar-refractivity contribution in [2.45, 2.75) is 24.2 Å². The highest BCUT2D eigenvalue weighted by atomic mass is 19.2. The smallest absolute Gasteiger partial charge is 0.123 e. The molecule has 8 nitrogen and oxygen atoms in total. The topological polar surface area (TPSA) is 25.9 Å². The average Bonchev–Trinajstić information content (AvgIpc) is 0.822. The molecule has 12 aromatic carbocycles. The number of rotatable bonds is 24. The fourth-order valence-corrected chi connectivity index (χ4v) is 16.0. The number of nitrogens with zero attached hydrogens (tertiary/aromatic N) is 8. The third kappa shape index (κ3) is 26.4. The summed E-state index contributed by atoms with van der Waals surface area (Å²) in [7, 11) is 0. The Bertz CT molecular complexity index is 4250. The minimum atomic E-state index is -0.244. The molecule has 0 radical (unpaired) electrons. The van der Waals surface area contributed by atoms with Crippen LogP contribution in [0.2, 0.25) is 0 Å². The lowest BCUT2D eigenvalue weighted by molar-refractivity contribution is 0.118. The molecule has 616 valence electrons. The van der Waals surface area contributed by atoms with Crippen molar-refractivity contribution < 1.29 is 35.1 Å². The zero-order valence-corrected chi connectivity index (χ0v) is 67.7. The number of hydrogen-bond donors (Lipinski definition) is 0. The maximum Gasteiger partial charge on any atom is 0.123 e. The van der Waals surface area contributed by atoms with Crippen LogP contribution in [0.4, 0.5) is 35.1 Å². The van der Waals surface area contributed by atoms with Gasteiger partial charge in [0.05, 0.1) is 24.2 Å². The Morgan fingerprint density at radius 3 is 0.442 bits per heavy atom. The van der Waals surface area contributed by atoms with Crippen LogP contribution in [0.3, 0.4) is 0 Å². The minimum absolute atomic E-state index is 0.00629. The number of piperazine rings is 4. The van der Waals surface area contributed by atoms with E-state index in [9.17, 15) is 35.1 Å². The van der Waals surface area contributed by atoms with Crippen LogP contribution in [0.1, 0.15) is 90.9 Å². The monoisotopic (exact) mass is 1620 g/mol. The Morgan fingerprint density at radius 2 is 0.308 bits per heavy atom. The van der Waals surface area contributed by atoms with Crippen LogP contribution in [-0.2, 0) is 0 Å². The second-order valence-corrected chi connectivity index (χ2v) is 30.6. The van der Waals surface area contributed by atoms with Gasteiger partial charge in [-0.05, 0) is 164 Å². The summed E-state index contributed by atoms with van der Waals surface area (Å²) in [6, 6.07) is 94.5. The van der Waals surface area contributed by atoms with Crippen molar-refractivity contribution in [2.75, 3.05) is 131 Å². The molecular weight excluding hydrogens is 1510 g/mol. The molecule has 0 bridgehead atoms. The summed E-state index contributed by atoms with van der Waals surface area (Å²) in [6.07, 6.45) is 17.5. The SMILES string of the molecule is Fc1ccc(C(c2ccc(F)cc2)N2CCN(C/C=C/c3ccccc3)CC2)cc1.Fc1ccc(C(c2ccc(F)cc2)N2CCN(C/C=C/c3ccccc3)CC2)cc1.Fc1ccc(C(c2ccc(F)cc2)N2CCN(C/C=C/c3ccccc3)CC2)cc1.Fc1ccc(C(c2ccc(F)cc2)N2CCN(C/C=C/c3ccccc3)CC2)cc1. The van der Waals surface area contributed by atoms with Crippen LogP contribution in [-0.4, -0.2) is 170 Å². The van der Waals surface area contributed by atoms with Crippen LogP contribution < -0.4 is 0 Å². The summed E-state index contributed by atoms with van der Waals surface area (Å²) >= 11 is 0. The van der Waals surface area contributed by atoms with E-state index in [-0.39, 0.29) is 70.7 Å². The third-order valence-electron chi connectivity index (χ3n) is 22.5. The lowest BCUT2D eigenvalue weighted by Gasteiger charge is -2.39. The van der Waals surface area contributed by atoms with Crippen LogP contribution in [0.15, 0.2) is 340 Å². The second-order valence-electron chi connectivity index (χ2n) is 30.6. The van der Waals surface area contributed by atoms with E-state index in [1.165, 1.54) is 119 Å². The minimum Gasteiger partial charge on any atom is -0.297 e. The predicted octanol–water partition coefficient (Wildman–Crippen LogP) is 21.5. The highest BCUT2D eigenvalue weighted by molar-refractivity contribution is 5.52. The molecule has 0 aliphatic carbocycles. The van der Waals surface area contributed by atoms with E-state index in [0.29, 0.717) is 0 Å². The van der Waals surface area contributed by atoms with Gasteiger partial charge < -0.3 is 0 Å². The largest absolute Gasteiger partial charge is 0.297 e. The normalized spacial score (nSPS) is 15.8. The first-order valence-corrected chi connectivity index (χ1v) is 41.5. The van der Waals surface area contributed by atoms with E-state index in [2.05, 4.69) is 136 Å². The van der Waals surface area contributed by atoms with Gasteiger partial charge in [-0.25, -0.2) is 35.1 Å². The number of hydrogen-bond acceptors (Lipinski definition) is 8. The van der Waals surface area contributed by atoms with Gasteiger partial charge in [0.1, 0.15) is 46.5 Å². The third-order valence-corrected chi connectivity index (χ3v) is 22.5. The molecule has 0 atom stereocenters. The summed E-state index contributed by atoms with van der Waals surface area (Å²) in [6.45, 7) is 18.5. The maximum absolute atomic E-state index is 13.5. The Hall–Kier alpha value is -11.3. The van der Waals surface area contributed by atoms with E-state index in [0.717, 1.165) is 175 Å². The first-order chi connectivity index (χ1) is 58.7. The molecule has 4 aliphatic heterocycles. The molecular formula is C104H104F8N8. The molecule has 4 fully saturated rings. The standard InChI is InChI=1S/4C26H26F2N2/c4*27-24-12-8-22(9-13-24)26(23-10-14-25(28)15-11-23)30-19-17-29(18-20-30)16-4-7-21-5-2-1-3-6-21/h4*1-15,26H,16-20H2/b4*7-4+. The first kappa shape index (κ1) is 86.6. The fraction of sp³-hybridized carbons (Fsp3) is 0.231. The lowest BCUT2D eigenvalue weighted by atomic mass is 9.96. The van der Waals surface area contributed by atoms with E-state index < -0.39 is 0 Å². The van der Waals surface area contributed by atoms with Gasteiger partial charge in [0.25, 0.3) is 0 Å². The molecule has 16 heteroatoms. The van der Waals surface area contributed by atoms with Gasteiger partial charge in [-0.1, -0.05) is 267 Å². The number of benzene rings is 12. The first-order valence-electron chi connectivity index (χ1n) is 41.5. The van der Waals surface area contributed by atoms with Crippen LogP contribution in [0.5, 0.6) is 0 Å². The van der Waals surface area contributed by atoms with Crippen molar-refractivity contribution >= 4 is 24.3 Å². The zero-order valence-electron chi connectivity index (χ0n) is 67.7. The molecule has 4 saturated heterocycles. The van der Waals surface area contributed by atoms with Crippen molar-refractivity contribution in [1.29, 1.82) is 0 Å². The summed E-state index contributed by atoms with van der Waals surface area (Å²) in [4.78, 5) is 19.3. The van der Waals surface area contributed by atoms with Crippen LogP contribution >= 0.6 is 0 Å². The van der Waals surface area contributed by atoms with E-state index in [4.69, 9.17) is 0 Å². The van der Waals surface area contributed by atoms with Crippen molar-refractivity contribution in [2.24, 2.45) is 0 Å². The van der Waals surface area contributed by atoms with E-state index >= 15 is 0 Å². The summed E-state index contributed by atoms with van der Waals surface area (Å²) in [5.74, 6) is -1.95. The lowest BCUT2D eigenvalue weighted by Crippen LogP contribution is -2.47. The summed E-state index contributed by atoms with van der Waals surface area (Å²) in [5.41, 5.74) is 13.1. The molecule has 0 spiro atoms. The molecule has 120 heavy (non-hydrogen) atoms. The second kappa shape index (κ2) is 45.2. The van der Waals surface area contributed by atoms with Gasteiger partial charge in [0.15, 0.2) is 0 Å². The van der Waals surface area contributed by atoms with Crippen molar-refractivity contribution in [3.05, 3.63) is 453 Å². The van der Waals surface area contributed by atoms with Crippen molar-refractivity contribution in [1.82, 2.24) is 39.2 Å². The molecule has 0 aromatic heterocycles. The van der Waals surface area contributed by atoms with Gasteiger partial charge >= 0.3 is 0 Å². The molecule has 0 saturated carbocycles. The Morgan fingerprint density at radius 1 is 0.175 bits per heavy atom.